The minimum Gasteiger partial charge on any atom is -0.481 e. The number of fused-ring (bicyclic) bond motifs is 1. The Bertz CT molecular complexity index is 1140. The van der Waals surface area contributed by atoms with Gasteiger partial charge in [0.05, 0.1) is 27.5 Å². The highest BCUT2D eigenvalue weighted by Gasteiger charge is 2.14. The summed E-state index contributed by atoms with van der Waals surface area (Å²) in [7, 11) is 3.36. The van der Waals surface area contributed by atoms with Crippen LogP contribution in [-0.2, 0) is 7.05 Å². The zero-order valence-electron chi connectivity index (χ0n) is 13.4. The number of aromatic nitrogens is 2. The monoisotopic (exact) mass is 432 g/mol. The minimum atomic E-state index is -0.0276. The number of pyridine rings is 2. The number of thiophene rings is 2. The molecule has 0 unspecified atom stereocenters. The van der Waals surface area contributed by atoms with Crippen LogP contribution in [0.15, 0.2) is 51.0 Å². The van der Waals surface area contributed by atoms with E-state index in [1.165, 1.54) is 4.88 Å². The van der Waals surface area contributed by atoms with Gasteiger partial charge in [-0.2, -0.15) is 0 Å². The van der Waals surface area contributed by atoms with Crippen molar-refractivity contribution < 1.29 is 4.74 Å². The summed E-state index contributed by atoms with van der Waals surface area (Å²) in [5.41, 5.74) is 2.15. The Morgan fingerprint density at radius 2 is 1.76 bits per heavy atom. The zero-order chi connectivity index (χ0) is 17.6. The van der Waals surface area contributed by atoms with Crippen molar-refractivity contribution in [1.82, 2.24) is 9.55 Å². The molecule has 0 aromatic carbocycles. The molecule has 4 aromatic heterocycles. The Labute approximate surface area is 160 Å². The molecule has 0 aliphatic carbocycles. The van der Waals surface area contributed by atoms with E-state index in [4.69, 9.17) is 4.74 Å². The van der Waals surface area contributed by atoms with Crippen molar-refractivity contribution in [3.8, 4) is 26.1 Å². The molecule has 0 saturated carbocycles. The summed E-state index contributed by atoms with van der Waals surface area (Å²) in [5, 5.41) is 0. The maximum absolute atomic E-state index is 12.8. The normalized spacial score (nSPS) is 11.2. The third-order valence-corrected chi connectivity index (χ3v) is 6.89. The molecule has 0 fully saturated rings. The van der Waals surface area contributed by atoms with Crippen LogP contribution in [-0.4, -0.2) is 16.7 Å². The van der Waals surface area contributed by atoms with Gasteiger partial charge >= 0.3 is 0 Å². The molecule has 0 aliphatic heterocycles. The first-order chi connectivity index (χ1) is 12.1. The summed E-state index contributed by atoms with van der Waals surface area (Å²) in [5.74, 6) is 0.535. The van der Waals surface area contributed by atoms with Crippen molar-refractivity contribution in [3.63, 3.8) is 0 Å². The fraction of sp³-hybridized carbons (Fsp3) is 0.111. The summed E-state index contributed by atoms with van der Waals surface area (Å²) in [6, 6.07) is 13.6. The second kappa shape index (κ2) is 6.40. The van der Waals surface area contributed by atoms with Gasteiger partial charge in [0.1, 0.15) is 0 Å². The lowest BCUT2D eigenvalue weighted by Gasteiger charge is -2.08. The predicted octanol–water partition coefficient (Wildman–Crippen LogP) is 5.16. The quantitative estimate of drug-likeness (QED) is 0.448. The average Bonchev–Trinajstić information content (AvgIpc) is 3.26. The molecule has 4 heterocycles. The summed E-state index contributed by atoms with van der Waals surface area (Å²) in [6.07, 6.45) is 0. The maximum atomic E-state index is 12.8. The van der Waals surface area contributed by atoms with E-state index in [1.54, 1.807) is 47.5 Å². The SMILES string of the molecule is COc1ccc2c(cc(-c3ccc(-c4ccc(Br)s4)s3)c(=O)n2C)n1. The van der Waals surface area contributed by atoms with Crippen LogP contribution in [0.1, 0.15) is 0 Å². The van der Waals surface area contributed by atoms with Crippen LogP contribution in [0.5, 0.6) is 5.88 Å². The molecule has 4 nitrogen and oxygen atoms in total. The molecule has 25 heavy (non-hydrogen) atoms. The second-order valence-corrected chi connectivity index (χ2v) is 8.99. The molecule has 0 bridgehead atoms. The van der Waals surface area contributed by atoms with Gasteiger partial charge in [-0.25, -0.2) is 4.98 Å². The molecule has 0 N–H and O–H groups in total. The van der Waals surface area contributed by atoms with Gasteiger partial charge in [-0.05, 0) is 52.3 Å². The van der Waals surface area contributed by atoms with Crippen molar-refractivity contribution in [2.75, 3.05) is 7.11 Å². The van der Waals surface area contributed by atoms with E-state index in [2.05, 4.69) is 33.0 Å². The summed E-state index contributed by atoms with van der Waals surface area (Å²) in [4.78, 5) is 20.5. The minimum absolute atomic E-state index is 0.0276. The van der Waals surface area contributed by atoms with Crippen LogP contribution in [0.4, 0.5) is 0 Å². The number of hydrogen-bond donors (Lipinski definition) is 0. The number of halogens is 1. The molecule has 0 aliphatic rings. The molecule has 0 atom stereocenters. The fourth-order valence-corrected chi connectivity index (χ4v) is 5.17. The number of nitrogens with zero attached hydrogens (tertiary/aromatic N) is 2. The van der Waals surface area contributed by atoms with Gasteiger partial charge < -0.3 is 9.30 Å². The molecule has 0 radical (unpaired) electrons. The van der Waals surface area contributed by atoms with Gasteiger partial charge in [-0.15, -0.1) is 22.7 Å². The lowest BCUT2D eigenvalue weighted by molar-refractivity contribution is 0.399. The van der Waals surface area contributed by atoms with E-state index in [1.807, 2.05) is 24.3 Å². The van der Waals surface area contributed by atoms with Crippen molar-refractivity contribution in [2.45, 2.75) is 0 Å². The predicted molar refractivity (Wildman–Crippen MR) is 108 cm³/mol. The first kappa shape index (κ1) is 16.5. The van der Waals surface area contributed by atoms with E-state index in [9.17, 15) is 4.79 Å². The molecule has 0 saturated heterocycles. The van der Waals surface area contributed by atoms with E-state index in [0.29, 0.717) is 11.4 Å². The molecule has 7 heteroatoms. The van der Waals surface area contributed by atoms with E-state index >= 15 is 0 Å². The Balaban J connectivity index is 1.87. The van der Waals surface area contributed by atoms with Crippen LogP contribution < -0.4 is 10.3 Å². The molecular formula is C18H13BrN2O2S2. The molecular weight excluding hydrogens is 420 g/mol. The molecule has 0 amide bonds. The summed E-state index contributed by atoms with van der Waals surface area (Å²) in [6.45, 7) is 0. The molecule has 4 rings (SSSR count). The summed E-state index contributed by atoms with van der Waals surface area (Å²) < 4.78 is 7.93. The third-order valence-electron chi connectivity index (χ3n) is 3.95. The van der Waals surface area contributed by atoms with Crippen molar-refractivity contribution in [3.05, 3.63) is 56.6 Å². The number of methoxy groups -OCH3 is 1. The van der Waals surface area contributed by atoms with Gasteiger partial charge in [-0.1, -0.05) is 0 Å². The topological polar surface area (TPSA) is 44.1 Å². The second-order valence-electron chi connectivity index (χ2n) is 5.45. The first-order valence-electron chi connectivity index (χ1n) is 7.47. The van der Waals surface area contributed by atoms with Gasteiger partial charge in [0.25, 0.3) is 5.56 Å². The van der Waals surface area contributed by atoms with Gasteiger partial charge in [0.15, 0.2) is 0 Å². The lowest BCUT2D eigenvalue weighted by atomic mass is 10.2. The Morgan fingerprint density at radius 3 is 2.48 bits per heavy atom. The first-order valence-corrected chi connectivity index (χ1v) is 9.90. The highest BCUT2D eigenvalue weighted by atomic mass is 79.9. The fourth-order valence-electron chi connectivity index (χ4n) is 2.68. The number of hydrogen-bond acceptors (Lipinski definition) is 5. The van der Waals surface area contributed by atoms with Gasteiger partial charge in [0, 0.05) is 27.7 Å². The highest BCUT2D eigenvalue weighted by molar-refractivity contribution is 9.11. The van der Waals surface area contributed by atoms with Crippen LogP contribution in [0.25, 0.3) is 31.2 Å². The Hall–Kier alpha value is -1.96. The van der Waals surface area contributed by atoms with Gasteiger partial charge in [-0.3, -0.25) is 4.79 Å². The molecule has 4 aromatic rings. The number of aryl methyl sites for hydroxylation is 1. The number of ether oxygens (including phenoxy) is 1. The van der Waals surface area contributed by atoms with Crippen LogP contribution in [0.2, 0.25) is 0 Å². The zero-order valence-corrected chi connectivity index (χ0v) is 16.7. The standard InChI is InChI=1S/C18H13BrN2O2S2/c1-21-12-3-8-17(23-2)20-11(12)9-10(18(21)22)13-4-5-14(24-13)15-6-7-16(19)25-15/h3-9H,1-2H3. The molecule has 0 spiro atoms. The van der Waals surface area contributed by atoms with Crippen molar-refractivity contribution >= 4 is 49.6 Å². The molecule has 126 valence electrons. The maximum Gasteiger partial charge on any atom is 0.259 e. The summed E-state index contributed by atoms with van der Waals surface area (Å²) >= 11 is 6.78. The van der Waals surface area contributed by atoms with E-state index in [0.717, 1.165) is 24.6 Å². The number of rotatable bonds is 3. The largest absolute Gasteiger partial charge is 0.481 e. The Morgan fingerprint density at radius 1 is 1.04 bits per heavy atom. The van der Waals surface area contributed by atoms with Crippen LogP contribution in [0, 0.1) is 0 Å². The van der Waals surface area contributed by atoms with E-state index in [-0.39, 0.29) is 5.56 Å². The third kappa shape index (κ3) is 2.92. The van der Waals surface area contributed by atoms with Crippen LogP contribution in [0.3, 0.4) is 0 Å². The average molecular weight is 433 g/mol. The smallest absolute Gasteiger partial charge is 0.259 e. The lowest BCUT2D eigenvalue weighted by Crippen LogP contribution is -2.18. The highest BCUT2D eigenvalue weighted by Crippen LogP contribution is 2.38. The Kier molecular flexibility index (Phi) is 4.23. The van der Waals surface area contributed by atoms with Crippen LogP contribution >= 0.6 is 38.6 Å². The van der Waals surface area contributed by atoms with Gasteiger partial charge in [0.2, 0.25) is 5.88 Å². The van der Waals surface area contributed by atoms with Crippen molar-refractivity contribution in [1.29, 1.82) is 0 Å². The van der Waals surface area contributed by atoms with E-state index < -0.39 is 0 Å². The van der Waals surface area contributed by atoms with Crippen molar-refractivity contribution in [2.24, 2.45) is 7.05 Å².